The van der Waals surface area contributed by atoms with E-state index in [-0.39, 0.29) is 11.5 Å². The van der Waals surface area contributed by atoms with Gasteiger partial charge in [0.05, 0.1) is 5.97 Å². The molecule has 0 heterocycles. The van der Waals surface area contributed by atoms with Crippen LogP contribution in [0.3, 0.4) is 0 Å². The number of hydrogen-bond acceptors (Lipinski definition) is 3. The normalized spacial score (nSPS) is 10.4. The highest BCUT2D eigenvalue weighted by molar-refractivity contribution is 6.05. The van der Waals surface area contributed by atoms with E-state index in [1.807, 2.05) is 24.3 Å². The lowest BCUT2D eigenvalue weighted by molar-refractivity contribution is -0.255. The van der Waals surface area contributed by atoms with E-state index in [2.05, 4.69) is 19.2 Å². The molecule has 108 valence electrons. The molecule has 0 radical (unpaired) electrons. The van der Waals surface area contributed by atoms with Crippen LogP contribution in [0, 0.1) is 0 Å². The van der Waals surface area contributed by atoms with Crippen LogP contribution in [0.5, 0.6) is 0 Å². The number of para-hydroxylation sites is 1. The number of amides is 1. The molecule has 0 aromatic heterocycles. The van der Waals surface area contributed by atoms with E-state index in [1.54, 1.807) is 0 Å². The number of anilines is 1. The first kappa shape index (κ1) is 14.8. The van der Waals surface area contributed by atoms with Crippen LogP contribution < -0.4 is 10.4 Å². The highest BCUT2D eigenvalue weighted by Gasteiger charge is 2.10. The Morgan fingerprint density at radius 2 is 1.52 bits per heavy atom. The van der Waals surface area contributed by atoms with Crippen molar-refractivity contribution in [2.45, 2.75) is 19.8 Å². The Bertz CT molecular complexity index is 660. The molecular weight excluding hydrogens is 266 g/mol. The molecule has 0 saturated carbocycles. The van der Waals surface area contributed by atoms with Crippen molar-refractivity contribution in [3.05, 3.63) is 65.2 Å². The predicted octanol–water partition coefficient (Wildman–Crippen LogP) is 2.43. The number of aromatic carboxylic acids is 1. The van der Waals surface area contributed by atoms with Gasteiger partial charge in [0.2, 0.25) is 0 Å². The topological polar surface area (TPSA) is 69.2 Å². The second kappa shape index (κ2) is 6.22. The van der Waals surface area contributed by atoms with Gasteiger partial charge in [-0.05, 0) is 35.2 Å². The minimum atomic E-state index is -1.26. The average Bonchev–Trinajstić information content (AvgIpc) is 2.47. The van der Waals surface area contributed by atoms with Gasteiger partial charge in [-0.1, -0.05) is 44.2 Å². The Morgan fingerprint density at radius 3 is 2.10 bits per heavy atom. The van der Waals surface area contributed by atoms with Crippen molar-refractivity contribution >= 4 is 17.6 Å². The molecule has 1 N–H and O–H groups in total. The average molecular weight is 282 g/mol. The lowest BCUT2D eigenvalue weighted by Crippen LogP contribution is -2.22. The third kappa shape index (κ3) is 3.48. The molecule has 1 amide bonds. The van der Waals surface area contributed by atoms with Crippen LogP contribution in [-0.4, -0.2) is 11.9 Å². The van der Waals surface area contributed by atoms with Gasteiger partial charge in [-0.2, -0.15) is 0 Å². The second-order valence-corrected chi connectivity index (χ2v) is 5.06. The smallest absolute Gasteiger partial charge is 0.255 e. The Morgan fingerprint density at radius 1 is 0.952 bits per heavy atom. The SMILES string of the molecule is CC(C)c1ccccc1NC(=O)c1ccc(C(=O)[O-])cc1. The molecule has 2 aromatic carbocycles. The van der Waals surface area contributed by atoms with Crippen molar-refractivity contribution in [2.75, 3.05) is 5.32 Å². The molecule has 0 aliphatic heterocycles. The fourth-order valence-electron chi connectivity index (χ4n) is 2.07. The Balaban J connectivity index is 2.20. The summed E-state index contributed by atoms with van der Waals surface area (Å²) in [6, 6.07) is 13.3. The summed E-state index contributed by atoms with van der Waals surface area (Å²) in [6.07, 6.45) is 0. The molecule has 21 heavy (non-hydrogen) atoms. The van der Waals surface area contributed by atoms with Gasteiger partial charge in [0.15, 0.2) is 0 Å². The van der Waals surface area contributed by atoms with Crippen LogP contribution in [0.4, 0.5) is 5.69 Å². The fraction of sp³-hybridized carbons (Fsp3) is 0.176. The third-order valence-corrected chi connectivity index (χ3v) is 3.21. The maximum absolute atomic E-state index is 12.2. The van der Waals surface area contributed by atoms with E-state index in [9.17, 15) is 14.7 Å². The molecule has 2 aromatic rings. The zero-order chi connectivity index (χ0) is 15.4. The van der Waals surface area contributed by atoms with Gasteiger partial charge >= 0.3 is 0 Å². The van der Waals surface area contributed by atoms with Crippen LogP contribution in [0.25, 0.3) is 0 Å². The first-order chi connectivity index (χ1) is 9.99. The summed E-state index contributed by atoms with van der Waals surface area (Å²) in [7, 11) is 0. The zero-order valence-electron chi connectivity index (χ0n) is 11.9. The summed E-state index contributed by atoms with van der Waals surface area (Å²) in [5.74, 6) is -1.23. The van der Waals surface area contributed by atoms with E-state index in [0.717, 1.165) is 11.3 Å². The molecule has 0 saturated heterocycles. The van der Waals surface area contributed by atoms with Gasteiger partial charge in [-0.3, -0.25) is 4.79 Å². The van der Waals surface area contributed by atoms with Crippen LogP contribution in [-0.2, 0) is 0 Å². The Kier molecular flexibility index (Phi) is 4.38. The van der Waals surface area contributed by atoms with Crippen LogP contribution >= 0.6 is 0 Å². The first-order valence-electron chi connectivity index (χ1n) is 6.70. The van der Waals surface area contributed by atoms with Crippen molar-refractivity contribution in [3.63, 3.8) is 0 Å². The number of nitrogens with one attached hydrogen (secondary N) is 1. The lowest BCUT2D eigenvalue weighted by atomic mass is 10.0. The third-order valence-electron chi connectivity index (χ3n) is 3.21. The molecule has 0 aliphatic rings. The second-order valence-electron chi connectivity index (χ2n) is 5.06. The number of benzene rings is 2. The van der Waals surface area contributed by atoms with E-state index < -0.39 is 5.97 Å². The van der Waals surface area contributed by atoms with Crippen molar-refractivity contribution in [1.82, 2.24) is 0 Å². The number of carbonyl (C=O) groups excluding carboxylic acids is 2. The standard InChI is InChI=1S/C17H17NO3/c1-11(2)14-5-3-4-6-15(14)18-16(19)12-7-9-13(10-8-12)17(20)21/h3-11H,1-2H3,(H,18,19)(H,20,21)/p-1. The molecule has 0 unspecified atom stereocenters. The first-order valence-corrected chi connectivity index (χ1v) is 6.70. The monoisotopic (exact) mass is 282 g/mol. The summed E-state index contributed by atoms with van der Waals surface area (Å²) in [6.45, 7) is 4.11. The molecule has 4 heteroatoms. The van der Waals surface area contributed by atoms with Crippen LogP contribution in [0.15, 0.2) is 48.5 Å². The summed E-state index contributed by atoms with van der Waals surface area (Å²) < 4.78 is 0. The van der Waals surface area contributed by atoms with Crippen molar-refractivity contribution in [3.8, 4) is 0 Å². The van der Waals surface area contributed by atoms with Crippen LogP contribution in [0.2, 0.25) is 0 Å². The van der Waals surface area contributed by atoms with Crippen molar-refractivity contribution in [1.29, 1.82) is 0 Å². The number of rotatable bonds is 4. The molecule has 0 fully saturated rings. The van der Waals surface area contributed by atoms with Gasteiger partial charge in [-0.15, -0.1) is 0 Å². The Labute approximate surface area is 123 Å². The van der Waals surface area contributed by atoms with E-state index in [4.69, 9.17) is 0 Å². The highest BCUT2D eigenvalue weighted by Crippen LogP contribution is 2.24. The molecule has 0 bridgehead atoms. The largest absolute Gasteiger partial charge is 0.545 e. The summed E-state index contributed by atoms with van der Waals surface area (Å²) in [5.41, 5.74) is 2.27. The zero-order valence-corrected chi connectivity index (χ0v) is 11.9. The minimum Gasteiger partial charge on any atom is -0.545 e. The van der Waals surface area contributed by atoms with E-state index in [1.165, 1.54) is 24.3 Å². The maximum atomic E-state index is 12.2. The quantitative estimate of drug-likeness (QED) is 0.936. The predicted molar refractivity (Wildman–Crippen MR) is 79.3 cm³/mol. The van der Waals surface area contributed by atoms with Gasteiger partial charge in [0.1, 0.15) is 0 Å². The van der Waals surface area contributed by atoms with E-state index >= 15 is 0 Å². The van der Waals surface area contributed by atoms with Crippen LogP contribution in [0.1, 0.15) is 46.0 Å². The lowest BCUT2D eigenvalue weighted by Gasteiger charge is -2.13. The molecule has 0 atom stereocenters. The van der Waals surface area contributed by atoms with Gasteiger partial charge < -0.3 is 15.2 Å². The van der Waals surface area contributed by atoms with Gasteiger partial charge in [0, 0.05) is 11.3 Å². The molecule has 0 spiro atoms. The number of carboxylic acid groups (broad SMARTS) is 1. The van der Waals surface area contributed by atoms with Crippen molar-refractivity contribution < 1.29 is 14.7 Å². The number of carboxylic acids is 1. The summed E-state index contributed by atoms with van der Waals surface area (Å²) in [5, 5.41) is 13.5. The molecular formula is C17H16NO3-. The fourth-order valence-corrected chi connectivity index (χ4v) is 2.07. The molecule has 2 rings (SSSR count). The highest BCUT2D eigenvalue weighted by atomic mass is 16.4. The van der Waals surface area contributed by atoms with Crippen molar-refractivity contribution in [2.24, 2.45) is 0 Å². The maximum Gasteiger partial charge on any atom is 0.255 e. The number of hydrogen-bond donors (Lipinski definition) is 1. The molecule has 4 nitrogen and oxygen atoms in total. The van der Waals surface area contributed by atoms with Gasteiger partial charge in [-0.25, -0.2) is 0 Å². The minimum absolute atomic E-state index is 0.0501. The van der Waals surface area contributed by atoms with Gasteiger partial charge in [0.25, 0.3) is 5.91 Å². The molecule has 0 aliphatic carbocycles. The summed E-state index contributed by atoms with van der Waals surface area (Å²) >= 11 is 0. The van der Waals surface area contributed by atoms with E-state index in [0.29, 0.717) is 11.5 Å². The summed E-state index contributed by atoms with van der Waals surface area (Å²) in [4.78, 5) is 22.9. The number of carbonyl (C=O) groups is 2. The Hall–Kier alpha value is -2.62.